The van der Waals surface area contributed by atoms with Crippen LogP contribution in [0.4, 0.5) is 4.39 Å². The lowest BCUT2D eigenvalue weighted by atomic mass is 10.1. The number of fused-ring (bicyclic) bond motifs is 1. The first-order valence-electron chi connectivity index (χ1n) is 9.23. The van der Waals surface area contributed by atoms with Gasteiger partial charge in [-0.25, -0.2) is 16.8 Å². The first-order chi connectivity index (χ1) is 14.8. The Kier molecular flexibility index (Phi) is 5.51. The molecule has 0 radical (unpaired) electrons. The van der Waals surface area contributed by atoms with Crippen LogP contribution in [0.2, 0.25) is 5.02 Å². The Labute approximate surface area is 182 Å². The lowest BCUT2D eigenvalue weighted by Crippen LogP contribution is -2.12. The Morgan fingerprint density at radius 2 is 1.81 bits per heavy atom. The van der Waals surface area contributed by atoms with Crippen LogP contribution in [0.5, 0.6) is 0 Å². The molecular weight excluding hydrogens is 443 g/mol. The van der Waals surface area contributed by atoms with E-state index >= 15 is 0 Å². The topological polar surface area (TPSA) is 89.3 Å². The smallest absolute Gasteiger partial charge is 0.303 e. The fourth-order valence-electron chi connectivity index (χ4n) is 3.35. The molecular formula is C22H16ClFN2O4S. The van der Waals surface area contributed by atoms with Gasteiger partial charge in [-0.1, -0.05) is 23.7 Å². The molecule has 0 aliphatic carbocycles. The van der Waals surface area contributed by atoms with Gasteiger partial charge in [0.1, 0.15) is 10.7 Å². The van der Waals surface area contributed by atoms with Crippen molar-refractivity contribution >= 4 is 38.5 Å². The van der Waals surface area contributed by atoms with Gasteiger partial charge >= 0.3 is 5.97 Å². The quantitative estimate of drug-likeness (QED) is 0.450. The lowest BCUT2D eigenvalue weighted by Gasteiger charge is -2.09. The number of halogens is 2. The average Bonchev–Trinajstić information content (AvgIpc) is 3.11. The molecule has 31 heavy (non-hydrogen) atoms. The van der Waals surface area contributed by atoms with Gasteiger partial charge in [0.25, 0.3) is 10.0 Å². The molecule has 0 amide bonds. The van der Waals surface area contributed by atoms with Crippen molar-refractivity contribution in [3.63, 3.8) is 0 Å². The van der Waals surface area contributed by atoms with Gasteiger partial charge in [0.05, 0.1) is 5.52 Å². The highest BCUT2D eigenvalue weighted by Gasteiger charge is 2.23. The minimum atomic E-state index is -4.08. The summed E-state index contributed by atoms with van der Waals surface area (Å²) in [5.41, 5.74) is 2.03. The number of aryl methyl sites for hydroxylation is 1. The van der Waals surface area contributed by atoms with E-state index < -0.39 is 21.8 Å². The number of aromatic nitrogens is 2. The van der Waals surface area contributed by atoms with Gasteiger partial charge in [0, 0.05) is 41.0 Å². The largest absolute Gasteiger partial charge is 0.481 e. The fourth-order valence-corrected chi connectivity index (χ4v) is 4.86. The second-order valence-corrected chi connectivity index (χ2v) is 9.18. The van der Waals surface area contributed by atoms with Gasteiger partial charge in [0.15, 0.2) is 0 Å². The molecule has 158 valence electrons. The number of benzene rings is 2. The normalized spacial score (nSPS) is 11.7. The van der Waals surface area contributed by atoms with Crippen molar-refractivity contribution < 1.29 is 22.7 Å². The molecule has 0 fully saturated rings. The summed E-state index contributed by atoms with van der Waals surface area (Å²) in [5.74, 6) is -1.56. The molecule has 4 rings (SSSR count). The molecule has 4 aromatic rings. The highest BCUT2D eigenvalue weighted by Crippen LogP contribution is 2.29. The third-order valence-electron chi connectivity index (χ3n) is 4.87. The second-order valence-electron chi connectivity index (χ2n) is 6.93. The molecule has 6 nitrogen and oxygen atoms in total. The van der Waals surface area contributed by atoms with Crippen molar-refractivity contribution in [2.24, 2.45) is 0 Å². The van der Waals surface area contributed by atoms with Crippen LogP contribution in [0.1, 0.15) is 12.0 Å². The summed E-state index contributed by atoms with van der Waals surface area (Å²) in [6.45, 7) is 0. The van der Waals surface area contributed by atoms with Crippen LogP contribution >= 0.6 is 11.6 Å². The van der Waals surface area contributed by atoms with Gasteiger partial charge in [-0.05, 0) is 53.9 Å². The summed E-state index contributed by atoms with van der Waals surface area (Å²) in [5, 5.41) is 9.90. The van der Waals surface area contributed by atoms with Gasteiger partial charge in [-0.15, -0.1) is 0 Å². The molecule has 0 saturated heterocycles. The van der Waals surface area contributed by atoms with E-state index in [9.17, 15) is 17.6 Å². The zero-order valence-electron chi connectivity index (χ0n) is 16.0. The maximum absolute atomic E-state index is 13.8. The highest BCUT2D eigenvalue weighted by atomic mass is 35.5. The molecule has 0 aliphatic heterocycles. The predicted molar refractivity (Wildman–Crippen MR) is 115 cm³/mol. The van der Waals surface area contributed by atoms with E-state index in [0.717, 1.165) is 15.6 Å². The van der Waals surface area contributed by atoms with Gasteiger partial charge < -0.3 is 5.11 Å². The zero-order valence-corrected chi connectivity index (χ0v) is 17.6. The van der Waals surface area contributed by atoms with Crippen molar-refractivity contribution in [1.29, 1.82) is 0 Å². The number of hydrogen-bond acceptors (Lipinski definition) is 4. The summed E-state index contributed by atoms with van der Waals surface area (Å²) < 4.78 is 41.7. The van der Waals surface area contributed by atoms with E-state index in [4.69, 9.17) is 16.7 Å². The Morgan fingerprint density at radius 1 is 1.06 bits per heavy atom. The number of pyridine rings is 1. The fraction of sp³-hybridized carbons (Fsp3) is 0.0909. The van der Waals surface area contributed by atoms with E-state index in [1.54, 1.807) is 30.5 Å². The molecule has 1 N–H and O–H groups in total. The van der Waals surface area contributed by atoms with Crippen LogP contribution in [-0.4, -0.2) is 28.5 Å². The van der Waals surface area contributed by atoms with Gasteiger partial charge in [-0.2, -0.15) is 0 Å². The maximum atomic E-state index is 13.8. The molecule has 0 atom stereocenters. The van der Waals surface area contributed by atoms with Crippen LogP contribution < -0.4 is 0 Å². The summed E-state index contributed by atoms with van der Waals surface area (Å²) >= 11 is 5.92. The Hall–Kier alpha value is -3.23. The van der Waals surface area contributed by atoms with Crippen molar-refractivity contribution in [1.82, 2.24) is 8.96 Å². The zero-order chi connectivity index (χ0) is 22.2. The standard InChI is InChI=1S/C22H16ClFN2O4S/c23-17-4-1-14(2-5-17)16-9-19(12-25-11-16)31(29,30)26-13-15(3-8-22(27)28)20-10-18(24)6-7-21(20)26/h1-2,4-7,9-13H,3,8H2,(H,27,28). The Bertz CT molecular complexity index is 1400. The molecule has 0 aliphatic rings. The number of carboxylic acids is 1. The Balaban J connectivity index is 1.83. The second kappa shape index (κ2) is 8.13. The van der Waals surface area contributed by atoms with E-state index in [0.29, 0.717) is 21.5 Å². The molecule has 9 heteroatoms. The van der Waals surface area contributed by atoms with Crippen molar-refractivity contribution in [3.8, 4) is 11.1 Å². The Morgan fingerprint density at radius 3 is 2.52 bits per heavy atom. The summed E-state index contributed by atoms with van der Waals surface area (Å²) in [6, 6.07) is 12.1. The number of aliphatic carboxylic acids is 1. The molecule has 2 aromatic heterocycles. The van der Waals surface area contributed by atoms with Gasteiger partial charge in [-0.3, -0.25) is 9.78 Å². The molecule has 0 unspecified atom stereocenters. The van der Waals surface area contributed by atoms with Gasteiger partial charge in [0.2, 0.25) is 0 Å². The van der Waals surface area contributed by atoms with E-state index in [1.165, 1.54) is 30.6 Å². The number of carboxylic acid groups (broad SMARTS) is 1. The molecule has 0 bridgehead atoms. The highest BCUT2D eigenvalue weighted by molar-refractivity contribution is 7.90. The van der Waals surface area contributed by atoms with Crippen molar-refractivity contribution in [2.75, 3.05) is 0 Å². The van der Waals surface area contributed by atoms with Crippen molar-refractivity contribution in [3.05, 3.63) is 83.5 Å². The first-order valence-corrected chi connectivity index (χ1v) is 11.1. The van der Waals surface area contributed by atoms with Crippen LogP contribution in [0.3, 0.4) is 0 Å². The minimum Gasteiger partial charge on any atom is -0.481 e. The summed E-state index contributed by atoms with van der Waals surface area (Å²) in [7, 11) is -4.08. The number of rotatable bonds is 6. The first kappa shape index (κ1) is 21.0. The number of carbonyl (C=O) groups is 1. The van der Waals surface area contributed by atoms with E-state index in [2.05, 4.69) is 4.98 Å². The predicted octanol–water partition coefficient (Wildman–Crippen LogP) is 4.75. The van der Waals surface area contributed by atoms with E-state index in [-0.39, 0.29) is 23.3 Å². The van der Waals surface area contributed by atoms with Crippen molar-refractivity contribution in [2.45, 2.75) is 17.7 Å². The minimum absolute atomic E-state index is 0.0500. The van der Waals surface area contributed by atoms with Crippen LogP contribution in [0.15, 0.2) is 72.0 Å². The molecule has 2 aromatic carbocycles. The lowest BCUT2D eigenvalue weighted by molar-refractivity contribution is -0.136. The summed E-state index contributed by atoms with van der Waals surface area (Å²) in [4.78, 5) is 15.0. The maximum Gasteiger partial charge on any atom is 0.303 e. The monoisotopic (exact) mass is 458 g/mol. The third-order valence-corrected chi connectivity index (χ3v) is 6.76. The van der Waals surface area contributed by atoms with Crippen LogP contribution in [0, 0.1) is 5.82 Å². The third kappa shape index (κ3) is 4.17. The number of hydrogen-bond donors (Lipinski definition) is 1. The molecule has 0 spiro atoms. The summed E-state index contributed by atoms with van der Waals surface area (Å²) in [6.07, 6.45) is 3.99. The molecule has 0 saturated carbocycles. The average molecular weight is 459 g/mol. The molecule has 2 heterocycles. The number of nitrogens with zero attached hydrogens (tertiary/aromatic N) is 2. The van der Waals surface area contributed by atoms with E-state index in [1.807, 2.05) is 0 Å². The SMILES string of the molecule is O=C(O)CCc1cn(S(=O)(=O)c2cncc(-c3ccc(Cl)cc3)c2)c2ccc(F)cc12. The van der Waals surface area contributed by atoms with Crippen LogP contribution in [-0.2, 0) is 21.2 Å². The van der Waals surface area contributed by atoms with Crippen LogP contribution in [0.25, 0.3) is 22.0 Å².